The lowest BCUT2D eigenvalue weighted by molar-refractivity contribution is -0.134. The molecule has 0 radical (unpaired) electrons. The minimum absolute atomic E-state index is 0.169. The normalized spacial score (nSPS) is 25.1. The quantitative estimate of drug-likeness (QED) is 0.771. The van der Waals surface area contributed by atoms with Gasteiger partial charge in [0.2, 0.25) is 5.91 Å². The molecule has 1 atom stereocenters. The van der Waals surface area contributed by atoms with Gasteiger partial charge in [0.15, 0.2) is 0 Å². The van der Waals surface area contributed by atoms with Gasteiger partial charge in [0.1, 0.15) is 0 Å². The predicted octanol–water partition coefficient (Wildman–Crippen LogP) is 2.17. The van der Waals surface area contributed by atoms with E-state index < -0.39 is 0 Å². The maximum Gasteiger partial charge on any atom is 0.222 e. The SMILES string of the molecule is CCN(C(=O)CCC1CCC(N)CC1)C(C)COC. The number of methoxy groups -OCH3 is 1. The third-order valence-electron chi connectivity index (χ3n) is 4.26. The van der Waals surface area contributed by atoms with Gasteiger partial charge < -0.3 is 15.4 Å². The molecule has 1 fully saturated rings. The number of carbonyl (C=O) groups is 1. The third-order valence-corrected chi connectivity index (χ3v) is 4.26. The molecule has 0 aromatic heterocycles. The number of likely N-dealkylation sites (N-methyl/N-ethyl adjacent to an activating group) is 1. The molecule has 0 aliphatic heterocycles. The molecule has 19 heavy (non-hydrogen) atoms. The molecule has 0 spiro atoms. The van der Waals surface area contributed by atoms with E-state index in [2.05, 4.69) is 0 Å². The molecular weight excluding hydrogens is 240 g/mol. The Morgan fingerprint density at radius 2 is 2.00 bits per heavy atom. The summed E-state index contributed by atoms with van der Waals surface area (Å²) in [5, 5.41) is 0. The van der Waals surface area contributed by atoms with E-state index in [0.29, 0.717) is 25.0 Å². The Morgan fingerprint density at radius 1 is 1.37 bits per heavy atom. The second-order valence-corrected chi connectivity index (χ2v) is 5.80. The molecule has 0 bridgehead atoms. The van der Waals surface area contributed by atoms with Crippen LogP contribution < -0.4 is 5.73 Å². The third kappa shape index (κ3) is 5.49. The molecule has 1 saturated carbocycles. The molecule has 0 aromatic carbocycles. The van der Waals surface area contributed by atoms with Gasteiger partial charge in [0.05, 0.1) is 12.6 Å². The number of ether oxygens (including phenoxy) is 1. The zero-order chi connectivity index (χ0) is 14.3. The van der Waals surface area contributed by atoms with E-state index in [0.717, 1.165) is 25.8 Å². The molecule has 112 valence electrons. The lowest BCUT2D eigenvalue weighted by Crippen LogP contribution is -2.41. The van der Waals surface area contributed by atoms with Gasteiger partial charge in [-0.2, -0.15) is 0 Å². The zero-order valence-electron chi connectivity index (χ0n) is 12.7. The van der Waals surface area contributed by atoms with Crippen molar-refractivity contribution in [3.05, 3.63) is 0 Å². The summed E-state index contributed by atoms with van der Waals surface area (Å²) in [6.45, 7) is 5.45. The fraction of sp³-hybridized carbons (Fsp3) is 0.933. The van der Waals surface area contributed by atoms with Gasteiger partial charge in [0, 0.05) is 26.1 Å². The first-order chi connectivity index (χ1) is 9.08. The average Bonchev–Trinajstić information content (AvgIpc) is 2.39. The van der Waals surface area contributed by atoms with Crippen molar-refractivity contribution in [1.29, 1.82) is 0 Å². The van der Waals surface area contributed by atoms with E-state index in [1.807, 2.05) is 18.7 Å². The first kappa shape index (κ1) is 16.4. The molecule has 0 saturated heterocycles. The fourth-order valence-corrected chi connectivity index (χ4v) is 3.01. The van der Waals surface area contributed by atoms with Crippen LogP contribution in [0.1, 0.15) is 52.4 Å². The summed E-state index contributed by atoms with van der Waals surface area (Å²) in [4.78, 5) is 14.2. The standard InChI is InChI=1S/C15H30N2O2/c1-4-17(12(2)11-19-3)15(18)10-7-13-5-8-14(16)9-6-13/h12-14H,4-11,16H2,1-3H3. The van der Waals surface area contributed by atoms with Gasteiger partial charge in [-0.3, -0.25) is 4.79 Å². The summed E-state index contributed by atoms with van der Waals surface area (Å²) in [6, 6.07) is 0.558. The summed E-state index contributed by atoms with van der Waals surface area (Å²) in [5.41, 5.74) is 5.91. The number of carbonyl (C=O) groups excluding carboxylic acids is 1. The smallest absolute Gasteiger partial charge is 0.222 e. The van der Waals surface area contributed by atoms with Gasteiger partial charge in [-0.25, -0.2) is 0 Å². The molecular formula is C15H30N2O2. The highest BCUT2D eigenvalue weighted by molar-refractivity contribution is 5.76. The maximum atomic E-state index is 12.2. The van der Waals surface area contributed by atoms with Crippen molar-refractivity contribution in [1.82, 2.24) is 4.90 Å². The highest BCUT2D eigenvalue weighted by Crippen LogP contribution is 2.27. The largest absolute Gasteiger partial charge is 0.383 e. The van der Waals surface area contributed by atoms with Crippen molar-refractivity contribution >= 4 is 5.91 Å². The van der Waals surface area contributed by atoms with Crippen LogP contribution in [-0.4, -0.2) is 43.2 Å². The Morgan fingerprint density at radius 3 is 2.53 bits per heavy atom. The predicted molar refractivity (Wildman–Crippen MR) is 77.9 cm³/mol. The molecule has 4 heteroatoms. The van der Waals surface area contributed by atoms with E-state index >= 15 is 0 Å². The van der Waals surface area contributed by atoms with Crippen LogP contribution in [0, 0.1) is 5.92 Å². The molecule has 1 unspecified atom stereocenters. The van der Waals surface area contributed by atoms with Crippen LogP contribution in [0.5, 0.6) is 0 Å². The first-order valence-corrected chi connectivity index (χ1v) is 7.62. The van der Waals surface area contributed by atoms with Gasteiger partial charge in [-0.1, -0.05) is 0 Å². The van der Waals surface area contributed by atoms with Gasteiger partial charge in [-0.15, -0.1) is 0 Å². The second kappa shape index (κ2) is 8.54. The number of hydrogen-bond acceptors (Lipinski definition) is 3. The zero-order valence-corrected chi connectivity index (χ0v) is 12.7. The van der Waals surface area contributed by atoms with Crippen LogP contribution >= 0.6 is 0 Å². The second-order valence-electron chi connectivity index (χ2n) is 5.80. The number of nitrogens with zero attached hydrogens (tertiary/aromatic N) is 1. The highest BCUT2D eigenvalue weighted by atomic mass is 16.5. The van der Waals surface area contributed by atoms with Crippen LogP contribution in [0.3, 0.4) is 0 Å². The van der Waals surface area contributed by atoms with Gasteiger partial charge in [0.25, 0.3) is 0 Å². The van der Waals surface area contributed by atoms with E-state index in [-0.39, 0.29) is 11.9 Å². The fourth-order valence-electron chi connectivity index (χ4n) is 3.01. The van der Waals surface area contributed by atoms with Gasteiger partial charge >= 0.3 is 0 Å². The number of hydrogen-bond donors (Lipinski definition) is 1. The van der Waals surface area contributed by atoms with Crippen LogP contribution in [0.2, 0.25) is 0 Å². The number of nitrogens with two attached hydrogens (primary N) is 1. The number of rotatable bonds is 7. The summed E-state index contributed by atoms with van der Waals surface area (Å²) in [7, 11) is 1.68. The Kier molecular flexibility index (Phi) is 7.39. The monoisotopic (exact) mass is 270 g/mol. The lowest BCUT2D eigenvalue weighted by Gasteiger charge is -2.29. The van der Waals surface area contributed by atoms with E-state index in [4.69, 9.17) is 10.5 Å². The van der Waals surface area contributed by atoms with Crippen molar-refractivity contribution in [3.63, 3.8) is 0 Å². The Hall–Kier alpha value is -0.610. The topological polar surface area (TPSA) is 55.6 Å². The molecule has 1 amide bonds. The Bertz CT molecular complexity index is 263. The average molecular weight is 270 g/mol. The minimum Gasteiger partial charge on any atom is -0.383 e. The Labute approximate surface area is 117 Å². The summed E-state index contributed by atoms with van der Waals surface area (Å²) in [6.07, 6.45) is 6.30. The van der Waals surface area contributed by atoms with E-state index in [1.165, 1.54) is 12.8 Å². The minimum atomic E-state index is 0.169. The van der Waals surface area contributed by atoms with Crippen LogP contribution in [-0.2, 0) is 9.53 Å². The summed E-state index contributed by atoms with van der Waals surface area (Å²) < 4.78 is 5.14. The van der Waals surface area contributed by atoms with Crippen LogP contribution in [0.15, 0.2) is 0 Å². The van der Waals surface area contributed by atoms with Crippen molar-refractivity contribution < 1.29 is 9.53 Å². The van der Waals surface area contributed by atoms with Crippen LogP contribution in [0.4, 0.5) is 0 Å². The molecule has 1 aliphatic rings. The van der Waals surface area contributed by atoms with E-state index in [1.54, 1.807) is 7.11 Å². The van der Waals surface area contributed by atoms with E-state index in [9.17, 15) is 4.79 Å². The van der Waals surface area contributed by atoms with Crippen molar-refractivity contribution in [2.24, 2.45) is 11.7 Å². The molecule has 1 rings (SSSR count). The lowest BCUT2D eigenvalue weighted by atomic mass is 9.83. The van der Waals surface area contributed by atoms with Crippen molar-refractivity contribution in [2.75, 3.05) is 20.3 Å². The highest BCUT2D eigenvalue weighted by Gasteiger charge is 2.22. The van der Waals surface area contributed by atoms with Crippen molar-refractivity contribution in [2.45, 2.75) is 64.5 Å². The molecule has 4 nitrogen and oxygen atoms in total. The molecule has 0 aromatic rings. The molecule has 1 aliphatic carbocycles. The summed E-state index contributed by atoms with van der Waals surface area (Å²) in [5.74, 6) is 0.960. The maximum absolute atomic E-state index is 12.2. The molecule has 2 N–H and O–H groups in total. The molecule has 0 heterocycles. The summed E-state index contributed by atoms with van der Waals surface area (Å²) >= 11 is 0. The Balaban J connectivity index is 2.32. The first-order valence-electron chi connectivity index (χ1n) is 7.62. The van der Waals surface area contributed by atoms with Crippen LogP contribution in [0.25, 0.3) is 0 Å². The van der Waals surface area contributed by atoms with Crippen molar-refractivity contribution in [3.8, 4) is 0 Å². The number of amides is 1. The van der Waals surface area contributed by atoms with Gasteiger partial charge in [-0.05, 0) is 51.9 Å².